The van der Waals surface area contributed by atoms with Crippen LogP contribution >= 0.6 is 11.3 Å². The molecule has 2 heterocycles. The zero-order chi connectivity index (χ0) is 21.1. The Morgan fingerprint density at radius 3 is 2.60 bits per heavy atom. The topological polar surface area (TPSA) is 72.3 Å². The summed E-state index contributed by atoms with van der Waals surface area (Å²) in [5.74, 6) is -0.0988. The molecule has 1 saturated heterocycles. The fourth-order valence-electron chi connectivity index (χ4n) is 3.79. The summed E-state index contributed by atoms with van der Waals surface area (Å²) in [6, 6.07) is 13.1. The number of carbonyl (C=O) groups is 1. The Morgan fingerprint density at radius 2 is 1.90 bits per heavy atom. The molecule has 30 heavy (non-hydrogen) atoms. The standard InChI is InChI=1S/C23H25N5OS/c1-16-13-17(2)21-20(14-16)26-23(30-21)28-11-9-27(10-12-28)8-7-25-22(29)19-5-3-18(15-24)4-6-19/h3-6,13-14H,7-12H2,1-2H3,(H,25,29). The normalized spacial score (nSPS) is 14.6. The molecule has 1 aliphatic rings. The minimum absolute atomic E-state index is 0.0988. The Balaban J connectivity index is 1.26. The van der Waals surface area contributed by atoms with Gasteiger partial charge in [-0.3, -0.25) is 9.69 Å². The molecule has 1 N–H and O–H groups in total. The SMILES string of the molecule is Cc1cc(C)c2sc(N3CCN(CCNC(=O)c4ccc(C#N)cc4)CC3)nc2c1. The Kier molecular flexibility index (Phi) is 5.98. The molecule has 0 atom stereocenters. The third-order valence-electron chi connectivity index (χ3n) is 5.44. The van der Waals surface area contributed by atoms with E-state index in [0.29, 0.717) is 17.7 Å². The molecule has 7 heteroatoms. The summed E-state index contributed by atoms with van der Waals surface area (Å²) >= 11 is 1.78. The molecule has 1 fully saturated rings. The highest BCUT2D eigenvalue weighted by Crippen LogP contribution is 2.32. The van der Waals surface area contributed by atoms with Gasteiger partial charge >= 0.3 is 0 Å². The van der Waals surface area contributed by atoms with Crippen molar-refractivity contribution in [3.8, 4) is 6.07 Å². The molecule has 2 aromatic carbocycles. The number of piperazine rings is 1. The van der Waals surface area contributed by atoms with Gasteiger partial charge in [0.1, 0.15) is 0 Å². The minimum Gasteiger partial charge on any atom is -0.351 e. The summed E-state index contributed by atoms with van der Waals surface area (Å²) in [4.78, 5) is 21.8. The van der Waals surface area contributed by atoms with Crippen LogP contribution in [0.15, 0.2) is 36.4 Å². The maximum atomic E-state index is 12.2. The number of carbonyl (C=O) groups excluding carboxylic acids is 1. The van der Waals surface area contributed by atoms with E-state index in [1.807, 2.05) is 0 Å². The summed E-state index contributed by atoms with van der Waals surface area (Å²) in [5, 5.41) is 12.9. The van der Waals surface area contributed by atoms with E-state index in [4.69, 9.17) is 10.2 Å². The number of nitrogens with one attached hydrogen (secondary N) is 1. The van der Waals surface area contributed by atoms with Crippen molar-refractivity contribution in [2.24, 2.45) is 0 Å². The first-order valence-corrected chi connectivity index (χ1v) is 11.0. The van der Waals surface area contributed by atoms with Crippen molar-refractivity contribution >= 4 is 32.6 Å². The molecule has 4 rings (SSSR count). The van der Waals surface area contributed by atoms with Crippen molar-refractivity contribution in [1.82, 2.24) is 15.2 Å². The average molecular weight is 420 g/mol. The lowest BCUT2D eigenvalue weighted by Gasteiger charge is -2.34. The number of amides is 1. The number of aryl methyl sites for hydroxylation is 2. The first kappa shape index (κ1) is 20.3. The molecule has 0 radical (unpaired) electrons. The molecule has 1 aliphatic heterocycles. The summed E-state index contributed by atoms with van der Waals surface area (Å²) in [6.45, 7) is 9.52. The average Bonchev–Trinajstić information content (AvgIpc) is 3.18. The summed E-state index contributed by atoms with van der Waals surface area (Å²) < 4.78 is 1.28. The smallest absolute Gasteiger partial charge is 0.251 e. The summed E-state index contributed by atoms with van der Waals surface area (Å²) in [7, 11) is 0. The van der Waals surface area contributed by atoms with E-state index in [9.17, 15) is 4.79 Å². The van der Waals surface area contributed by atoms with Gasteiger partial charge in [0.05, 0.1) is 21.8 Å². The van der Waals surface area contributed by atoms with Crippen LogP contribution in [0.3, 0.4) is 0 Å². The molecule has 0 saturated carbocycles. The summed E-state index contributed by atoms with van der Waals surface area (Å²) in [6.07, 6.45) is 0. The van der Waals surface area contributed by atoms with Crippen LogP contribution in [0, 0.1) is 25.2 Å². The number of nitriles is 1. The van der Waals surface area contributed by atoms with Gasteiger partial charge in [-0.1, -0.05) is 17.4 Å². The second-order valence-corrected chi connectivity index (χ2v) is 8.68. The highest BCUT2D eigenvalue weighted by atomic mass is 32.1. The number of hydrogen-bond acceptors (Lipinski definition) is 6. The molecule has 6 nitrogen and oxygen atoms in total. The highest BCUT2D eigenvalue weighted by molar-refractivity contribution is 7.22. The third-order valence-corrected chi connectivity index (χ3v) is 6.71. The van der Waals surface area contributed by atoms with Gasteiger partial charge in [0, 0.05) is 44.8 Å². The van der Waals surface area contributed by atoms with Crippen LogP contribution in [0.2, 0.25) is 0 Å². The van der Waals surface area contributed by atoms with Crippen LogP contribution in [-0.2, 0) is 0 Å². The number of fused-ring (bicyclic) bond motifs is 1. The van der Waals surface area contributed by atoms with E-state index < -0.39 is 0 Å². The Bertz CT molecular complexity index is 1090. The van der Waals surface area contributed by atoms with Gasteiger partial charge in [-0.2, -0.15) is 5.26 Å². The van der Waals surface area contributed by atoms with Crippen LogP contribution in [0.5, 0.6) is 0 Å². The molecule has 1 amide bonds. The third kappa shape index (κ3) is 4.45. The molecule has 0 aliphatic carbocycles. The number of hydrogen-bond donors (Lipinski definition) is 1. The predicted octanol–water partition coefficient (Wildman–Crippen LogP) is 3.34. The Labute approximate surface area is 180 Å². The van der Waals surface area contributed by atoms with Gasteiger partial charge in [0.15, 0.2) is 5.13 Å². The quantitative estimate of drug-likeness (QED) is 0.687. The highest BCUT2D eigenvalue weighted by Gasteiger charge is 2.20. The van der Waals surface area contributed by atoms with Gasteiger partial charge in [0.25, 0.3) is 5.91 Å². The minimum atomic E-state index is -0.0988. The van der Waals surface area contributed by atoms with Crippen molar-refractivity contribution in [3.63, 3.8) is 0 Å². The molecular weight excluding hydrogens is 394 g/mol. The van der Waals surface area contributed by atoms with Crippen molar-refractivity contribution < 1.29 is 4.79 Å². The monoisotopic (exact) mass is 419 g/mol. The maximum Gasteiger partial charge on any atom is 0.251 e. The number of benzene rings is 2. The fraction of sp³-hybridized carbons (Fsp3) is 0.348. The largest absolute Gasteiger partial charge is 0.351 e. The Hall–Kier alpha value is -2.95. The van der Waals surface area contributed by atoms with Crippen molar-refractivity contribution in [3.05, 3.63) is 58.7 Å². The van der Waals surface area contributed by atoms with Gasteiger partial charge in [0.2, 0.25) is 0 Å². The van der Waals surface area contributed by atoms with Crippen LogP contribution in [0.4, 0.5) is 5.13 Å². The number of aromatic nitrogens is 1. The van der Waals surface area contributed by atoms with Crippen LogP contribution in [-0.4, -0.2) is 55.1 Å². The van der Waals surface area contributed by atoms with Crippen molar-refractivity contribution in [1.29, 1.82) is 5.26 Å². The second-order valence-electron chi connectivity index (χ2n) is 7.70. The zero-order valence-electron chi connectivity index (χ0n) is 17.3. The summed E-state index contributed by atoms with van der Waals surface area (Å²) in [5.41, 5.74) is 4.79. The first-order valence-electron chi connectivity index (χ1n) is 10.2. The van der Waals surface area contributed by atoms with Crippen molar-refractivity contribution in [2.45, 2.75) is 13.8 Å². The van der Waals surface area contributed by atoms with Crippen LogP contribution in [0.1, 0.15) is 27.0 Å². The molecule has 154 valence electrons. The molecule has 0 unspecified atom stereocenters. The molecule has 0 bridgehead atoms. The van der Waals surface area contributed by atoms with E-state index in [-0.39, 0.29) is 5.91 Å². The molecule has 3 aromatic rings. The number of anilines is 1. The van der Waals surface area contributed by atoms with Crippen molar-refractivity contribution in [2.75, 3.05) is 44.2 Å². The molecule has 1 aromatic heterocycles. The van der Waals surface area contributed by atoms with Gasteiger partial charge in [-0.15, -0.1) is 0 Å². The molecular formula is C23H25N5OS. The van der Waals surface area contributed by atoms with Crippen LogP contribution < -0.4 is 10.2 Å². The molecule has 0 spiro atoms. The fourth-order valence-corrected chi connectivity index (χ4v) is 4.86. The zero-order valence-corrected chi connectivity index (χ0v) is 18.1. The lowest BCUT2D eigenvalue weighted by molar-refractivity contribution is 0.0948. The predicted molar refractivity (Wildman–Crippen MR) is 121 cm³/mol. The van der Waals surface area contributed by atoms with E-state index in [0.717, 1.165) is 43.4 Å². The van der Waals surface area contributed by atoms with Crippen LogP contribution in [0.25, 0.3) is 10.2 Å². The van der Waals surface area contributed by atoms with E-state index in [1.165, 1.54) is 15.8 Å². The Morgan fingerprint density at radius 1 is 1.17 bits per heavy atom. The van der Waals surface area contributed by atoms with Gasteiger partial charge in [-0.25, -0.2) is 4.98 Å². The van der Waals surface area contributed by atoms with E-state index in [1.54, 1.807) is 35.6 Å². The maximum absolute atomic E-state index is 12.2. The van der Waals surface area contributed by atoms with Gasteiger partial charge < -0.3 is 10.2 Å². The lowest BCUT2D eigenvalue weighted by Crippen LogP contribution is -2.48. The van der Waals surface area contributed by atoms with Gasteiger partial charge in [-0.05, 0) is 55.3 Å². The first-order chi connectivity index (χ1) is 14.5. The second kappa shape index (κ2) is 8.82. The van der Waals surface area contributed by atoms with E-state index in [2.05, 4.69) is 47.2 Å². The number of thiazole rings is 1. The lowest BCUT2D eigenvalue weighted by atomic mass is 10.1. The van der Waals surface area contributed by atoms with E-state index >= 15 is 0 Å². The number of rotatable bonds is 5. The number of nitrogens with zero attached hydrogens (tertiary/aromatic N) is 4.